The van der Waals surface area contributed by atoms with Crippen molar-refractivity contribution in [2.75, 3.05) is 13.1 Å². The molecule has 0 saturated carbocycles. The largest absolute Gasteiger partial charge is 0.338 e. The number of hydrogen-bond donors (Lipinski definition) is 1. The zero-order valence-electron chi connectivity index (χ0n) is 10.4. The maximum Gasteiger partial charge on any atom is 0.246 e. The van der Waals surface area contributed by atoms with E-state index in [-0.39, 0.29) is 11.9 Å². The van der Waals surface area contributed by atoms with Crippen LogP contribution in [0.5, 0.6) is 0 Å². The molecule has 4 heteroatoms. The highest BCUT2D eigenvalue weighted by molar-refractivity contribution is 6.32. The van der Waals surface area contributed by atoms with Crippen LogP contribution in [0, 0.1) is 0 Å². The number of nitrogens with two attached hydrogens (primary N) is 1. The summed E-state index contributed by atoms with van der Waals surface area (Å²) in [5.74, 6) is 0.0142. The SMILES string of the molecule is C/C(=C\C(=O)N1CCC(N)C1)c1ccccc1Cl. The Balaban J connectivity index is 2.13. The summed E-state index contributed by atoms with van der Waals surface area (Å²) in [5, 5.41) is 0.664. The van der Waals surface area contributed by atoms with Crippen LogP contribution < -0.4 is 5.73 Å². The zero-order chi connectivity index (χ0) is 13.1. The number of rotatable bonds is 2. The van der Waals surface area contributed by atoms with Crippen molar-refractivity contribution in [3.63, 3.8) is 0 Å². The van der Waals surface area contributed by atoms with E-state index in [0.717, 1.165) is 24.1 Å². The Morgan fingerprint density at radius 1 is 1.50 bits per heavy atom. The van der Waals surface area contributed by atoms with Gasteiger partial charge in [-0.3, -0.25) is 4.79 Å². The molecule has 1 aromatic rings. The fourth-order valence-corrected chi connectivity index (χ4v) is 2.41. The molecule has 2 N–H and O–H groups in total. The van der Waals surface area contributed by atoms with Crippen LogP contribution in [0.25, 0.3) is 5.57 Å². The van der Waals surface area contributed by atoms with Gasteiger partial charge in [0.15, 0.2) is 0 Å². The summed E-state index contributed by atoms with van der Waals surface area (Å²) < 4.78 is 0. The summed E-state index contributed by atoms with van der Waals surface area (Å²) in [7, 11) is 0. The number of carbonyl (C=O) groups is 1. The Bertz CT molecular complexity index is 484. The third kappa shape index (κ3) is 2.92. The van der Waals surface area contributed by atoms with Crippen molar-refractivity contribution in [3.8, 4) is 0 Å². The number of halogens is 1. The van der Waals surface area contributed by atoms with Crippen molar-refractivity contribution in [2.45, 2.75) is 19.4 Å². The number of carbonyl (C=O) groups excluding carboxylic acids is 1. The first-order chi connectivity index (χ1) is 8.58. The summed E-state index contributed by atoms with van der Waals surface area (Å²) >= 11 is 6.10. The molecule has 0 aliphatic carbocycles. The zero-order valence-corrected chi connectivity index (χ0v) is 11.2. The molecule has 96 valence electrons. The lowest BCUT2D eigenvalue weighted by atomic mass is 10.1. The minimum atomic E-state index is 0.0142. The highest BCUT2D eigenvalue weighted by Gasteiger charge is 2.22. The second-order valence-electron chi connectivity index (χ2n) is 4.64. The quantitative estimate of drug-likeness (QED) is 0.834. The second-order valence-corrected chi connectivity index (χ2v) is 5.05. The van der Waals surface area contributed by atoms with Crippen LogP contribution in [0.1, 0.15) is 18.9 Å². The normalized spacial score (nSPS) is 20.3. The average molecular weight is 265 g/mol. The number of likely N-dealkylation sites (tertiary alicyclic amines) is 1. The molecule has 1 aliphatic rings. The first kappa shape index (κ1) is 13.1. The predicted octanol–water partition coefficient (Wildman–Crippen LogP) is 2.30. The van der Waals surface area contributed by atoms with Crippen LogP contribution in [0.3, 0.4) is 0 Å². The molecule has 1 aliphatic heterocycles. The van der Waals surface area contributed by atoms with Gasteiger partial charge in [-0.15, -0.1) is 0 Å². The van der Waals surface area contributed by atoms with E-state index in [0.29, 0.717) is 11.6 Å². The predicted molar refractivity (Wildman–Crippen MR) is 74.3 cm³/mol. The van der Waals surface area contributed by atoms with E-state index in [2.05, 4.69) is 0 Å². The fourth-order valence-electron chi connectivity index (χ4n) is 2.12. The molecule has 0 spiro atoms. The first-order valence-corrected chi connectivity index (χ1v) is 6.43. The molecular weight excluding hydrogens is 248 g/mol. The van der Waals surface area contributed by atoms with Crippen molar-refractivity contribution in [3.05, 3.63) is 40.9 Å². The monoisotopic (exact) mass is 264 g/mol. The number of nitrogens with zero attached hydrogens (tertiary/aromatic N) is 1. The van der Waals surface area contributed by atoms with Crippen molar-refractivity contribution >= 4 is 23.1 Å². The molecule has 2 rings (SSSR count). The van der Waals surface area contributed by atoms with Gasteiger partial charge in [-0.25, -0.2) is 0 Å². The van der Waals surface area contributed by atoms with Crippen LogP contribution in [-0.2, 0) is 4.79 Å². The smallest absolute Gasteiger partial charge is 0.246 e. The van der Waals surface area contributed by atoms with Crippen molar-refractivity contribution in [1.29, 1.82) is 0 Å². The van der Waals surface area contributed by atoms with E-state index in [9.17, 15) is 4.79 Å². The molecule has 1 saturated heterocycles. The summed E-state index contributed by atoms with van der Waals surface area (Å²) in [5.41, 5.74) is 7.57. The Morgan fingerprint density at radius 2 is 2.22 bits per heavy atom. The Kier molecular flexibility index (Phi) is 4.04. The summed E-state index contributed by atoms with van der Waals surface area (Å²) in [6.07, 6.45) is 2.52. The van der Waals surface area contributed by atoms with Gasteiger partial charge in [0.2, 0.25) is 5.91 Å². The molecule has 1 aromatic carbocycles. The van der Waals surface area contributed by atoms with Crippen molar-refractivity contribution in [1.82, 2.24) is 4.90 Å². The molecule has 18 heavy (non-hydrogen) atoms. The lowest BCUT2D eigenvalue weighted by Crippen LogP contribution is -2.30. The van der Waals surface area contributed by atoms with Gasteiger partial charge in [0.1, 0.15) is 0 Å². The average Bonchev–Trinajstić information content (AvgIpc) is 2.76. The Hall–Kier alpha value is -1.32. The maximum absolute atomic E-state index is 12.0. The van der Waals surface area contributed by atoms with Crippen LogP contribution in [-0.4, -0.2) is 29.9 Å². The lowest BCUT2D eigenvalue weighted by molar-refractivity contribution is -0.125. The highest BCUT2D eigenvalue weighted by Crippen LogP contribution is 2.23. The molecule has 3 nitrogen and oxygen atoms in total. The van der Waals surface area contributed by atoms with Gasteiger partial charge in [0.25, 0.3) is 0 Å². The van der Waals surface area contributed by atoms with Crippen LogP contribution >= 0.6 is 11.6 Å². The maximum atomic E-state index is 12.0. The van der Waals surface area contributed by atoms with Gasteiger partial charge < -0.3 is 10.6 Å². The topological polar surface area (TPSA) is 46.3 Å². The Labute approximate surface area is 112 Å². The summed E-state index contributed by atoms with van der Waals surface area (Å²) in [4.78, 5) is 13.8. The van der Waals surface area contributed by atoms with Crippen molar-refractivity contribution in [2.24, 2.45) is 5.73 Å². The molecule has 1 heterocycles. The molecule has 0 aromatic heterocycles. The summed E-state index contributed by atoms with van der Waals surface area (Å²) in [6.45, 7) is 3.28. The third-order valence-electron chi connectivity index (χ3n) is 3.18. The molecule has 1 amide bonds. The first-order valence-electron chi connectivity index (χ1n) is 6.05. The van der Waals surface area contributed by atoms with Gasteiger partial charge in [-0.2, -0.15) is 0 Å². The van der Waals surface area contributed by atoms with E-state index in [1.807, 2.05) is 31.2 Å². The van der Waals surface area contributed by atoms with Crippen LogP contribution in [0.2, 0.25) is 5.02 Å². The molecule has 0 radical (unpaired) electrons. The summed E-state index contributed by atoms with van der Waals surface area (Å²) in [6, 6.07) is 7.64. The van der Waals surface area contributed by atoms with E-state index in [1.54, 1.807) is 11.0 Å². The number of hydrogen-bond acceptors (Lipinski definition) is 2. The van der Waals surface area contributed by atoms with E-state index < -0.39 is 0 Å². The van der Waals surface area contributed by atoms with E-state index in [1.165, 1.54) is 0 Å². The lowest BCUT2D eigenvalue weighted by Gasteiger charge is -2.14. The Morgan fingerprint density at radius 3 is 2.83 bits per heavy atom. The standard InChI is InChI=1S/C14H17ClN2O/c1-10(12-4-2-3-5-13(12)15)8-14(18)17-7-6-11(16)9-17/h2-5,8,11H,6-7,9,16H2,1H3/b10-8+. The van der Waals surface area contributed by atoms with Gasteiger partial charge in [-0.1, -0.05) is 29.8 Å². The van der Waals surface area contributed by atoms with Gasteiger partial charge >= 0.3 is 0 Å². The number of benzene rings is 1. The van der Waals surface area contributed by atoms with Gasteiger partial charge in [-0.05, 0) is 30.5 Å². The highest BCUT2D eigenvalue weighted by atomic mass is 35.5. The third-order valence-corrected chi connectivity index (χ3v) is 3.50. The van der Waals surface area contributed by atoms with E-state index >= 15 is 0 Å². The fraction of sp³-hybridized carbons (Fsp3) is 0.357. The molecule has 1 fully saturated rings. The molecule has 1 unspecified atom stereocenters. The van der Waals surface area contributed by atoms with Crippen LogP contribution in [0.4, 0.5) is 0 Å². The van der Waals surface area contributed by atoms with Crippen LogP contribution in [0.15, 0.2) is 30.3 Å². The van der Waals surface area contributed by atoms with Gasteiger partial charge in [0, 0.05) is 30.2 Å². The molecular formula is C14H17ClN2O. The van der Waals surface area contributed by atoms with E-state index in [4.69, 9.17) is 17.3 Å². The molecule has 0 bridgehead atoms. The molecule has 1 atom stereocenters. The number of allylic oxidation sites excluding steroid dienone is 1. The van der Waals surface area contributed by atoms with Crippen molar-refractivity contribution < 1.29 is 4.79 Å². The minimum Gasteiger partial charge on any atom is -0.338 e. The minimum absolute atomic E-state index is 0.0142. The van der Waals surface area contributed by atoms with Gasteiger partial charge in [0.05, 0.1) is 0 Å². The number of amides is 1. The second kappa shape index (κ2) is 5.55.